The van der Waals surface area contributed by atoms with Crippen LogP contribution in [0, 0.1) is 0 Å². The first kappa shape index (κ1) is 25.3. The third-order valence-corrected chi connectivity index (χ3v) is 5.01. The highest BCUT2D eigenvalue weighted by atomic mass is 19.4. The Hall–Kier alpha value is -4.34. The van der Waals surface area contributed by atoms with E-state index in [1.54, 1.807) is 6.07 Å². The Morgan fingerprint density at radius 3 is 2.31 bits per heavy atom. The molecule has 0 heterocycles. The van der Waals surface area contributed by atoms with E-state index in [1.165, 1.54) is 48.5 Å². The molecule has 0 aromatic heterocycles. The lowest BCUT2D eigenvalue weighted by atomic mass is 9.99. The fourth-order valence-corrected chi connectivity index (χ4v) is 3.56. The summed E-state index contributed by atoms with van der Waals surface area (Å²) in [6.07, 6.45) is -4.69. The number of amides is 2. The summed E-state index contributed by atoms with van der Waals surface area (Å²) in [5, 5.41) is 9.84. The van der Waals surface area contributed by atoms with Gasteiger partial charge in [-0.1, -0.05) is 36.4 Å². The Labute approximate surface area is 198 Å². The molecule has 3 aromatic rings. The van der Waals surface area contributed by atoms with Crippen molar-refractivity contribution in [1.29, 1.82) is 0 Å². The summed E-state index contributed by atoms with van der Waals surface area (Å²) in [6.45, 7) is 0.839. The summed E-state index contributed by atoms with van der Waals surface area (Å²) in [5.74, 6) is -2.83. The van der Waals surface area contributed by atoms with Crippen LogP contribution >= 0.6 is 0 Å². The number of esters is 1. The highest BCUT2D eigenvalue weighted by Crippen LogP contribution is 2.34. The Balaban J connectivity index is 2.16. The van der Waals surface area contributed by atoms with Gasteiger partial charge < -0.3 is 20.5 Å². The van der Waals surface area contributed by atoms with Gasteiger partial charge in [-0.05, 0) is 47.5 Å². The number of carbonyl (C=O) groups is 3. The average Bonchev–Trinajstić information content (AvgIpc) is 2.78. The van der Waals surface area contributed by atoms with E-state index in [0.717, 1.165) is 30.0 Å². The van der Waals surface area contributed by atoms with E-state index in [4.69, 9.17) is 10.5 Å². The Morgan fingerprint density at radius 2 is 1.69 bits per heavy atom. The molecule has 7 nitrogen and oxygen atoms in total. The average molecular weight is 486 g/mol. The standard InChI is InChI=1S/C25H21F3N2O5/c1-15(31)35-21-11-3-2-10-20(21)24(34)30(14-16-6-4-9-19(32)12-16)22(23(29)33)17-7-5-8-18(13-17)25(26,27)28/h2-13,22,32H,14H2,1H3,(H2,29,33). The lowest BCUT2D eigenvalue weighted by molar-refractivity contribution is -0.138. The third-order valence-electron chi connectivity index (χ3n) is 5.01. The van der Waals surface area contributed by atoms with Gasteiger partial charge in [-0.3, -0.25) is 14.4 Å². The molecule has 0 fully saturated rings. The molecule has 0 saturated heterocycles. The normalized spacial score (nSPS) is 12.0. The van der Waals surface area contributed by atoms with E-state index in [2.05, 4.69) is 0 Å². The van der Waals surface area contributed by atoms with Crippen LogP contribution in [0.5, 0.6) is 11.5 Å². The van der Waals surface area contributed by atoms with E-state index in [-0.39, 0.29) is 29.2 Å². The maximum atomic E-state index is 13.7. The third kappa shape index (κ3) is 6.17. The summed E-state index contributed by atoms with van der Waals surface area (Å²) in [5.41, 5.74) is 4.68. The Bertz CT molecular complexity index is 1260. The number of phenolic OH excluding ortho intramolecular Hbond substituents is 1. The number of hydrogen-bond donors (Lipinski definition) is 2. The maximum absolute atomic E-state index is 13.7. The number of primary amides is 1. The van der Waals surface area contributed by atoms with Gasteiger partial charge in [0.2, 0.25) is 5.91 Å². The van der Waals surface area contributed by atoms with E-state index in [1.807, 2.05) is 0 Å². The molecular formula is C25H21F3N2O5. The summed E-state index contributed by atoms with van der Waals surface area (Å²) in [7, 11) is 0. The van der Waals surface area contributed by atoms with Crippen molar-refractivity contribution < 1.29 is 37.4 Å². The Morgan fingerprint density at radius 1 is 1.00 bits per heavy atom. The number of rotatable bonds is 7. The van der Waals surface area contributed by atoms with Crippen LogP contribution in [0.3, 0.4) is 0 Å². The molecule has 3 N–H and O–H groups in total. The highest BCUT2D eigenvalue weighted by molar-refractivity contribution is 6.00. The molecule has 2 amide bonds. The van der Waals surface area contributed by atoms with Gasteiger partial charge in [0.05, 0.1) is 11.1 Å². The molecule has 0 spiro atoms. The molecule has 1 unspecified atom stereocenters. The number of nitrogens with two attached hydrogens (primary N) is 1. The number of carbonyl (C=O) groups excluding carboxylic acids is 3. The van der Waals surface area contributed by atoms with Gasteiger partial charge in [0.15, 0.2) is 0 Å². The predicted molar refractivity (Wildman–Crippen MR) is 119 cm³/mol. The molecule has 0 aliphatic carbocycles. The van der Waals surface area contributed by atoms with E-state index >= 15 is 0 Å². The topological polar surface area (TPSA) is 110 Å². The molecule has 35 heavy (non-hydrogen) atoms. The van der Waals surface area contributed by atoms with Crippen LogP contribution in [0.15, 0.2) is 72.8 Å². The molecule has 182 valence electrons. The Kier molecular flexibility index (Phi) is 7.43. The van der Waals surface area contributed by atoms with Gasteiger partial charge in [0.25, 0.3) is 5.91 Å². The van der Waals surface area contributed by atoms with E-state index < -0.39 is 35.6 Å². The number of benzene rings is 3. The first-order valence-corrected chi connectivity index (χ1v) is 10.3. The minimum atomic E-state index is -4.69. The quantitative estimate of drug-likeness (QED) is 0.384. The van der Waals surface area contributed by atoms with Crippen LogP contribution in [0.4, 0.5) is 13.2 Å². The summed E-state index contributed by atoms with van der Waals surface area (Å²) in [6, 6.07) is 13.8. The molecule has 3 rings (SSSR count). The zero-order valence-corrected chi connectivity index (χ0v) is 18.5. The fourth-order valence-electron chi connectivity index (χ4n) is 3.56. The van der Waals surface area contributed by atoms with Crippen LogP contribution < -0.4 is 10.5 Å². The second kappa shape index (κ2) is 10.3. The largest absolute Gasteiger partial charge is 0.508 e. The van der Waals surface area contributed by atoms with Crippen molar-refractivity contribution in [3.05, 3.63) is 95.1 Å². The lowest BCUT2D eigenvalue weighted by Gasteiger charge is -2.31. The van der Waals surface area contributed by atoms with Crippen molar-refractivity contribution in [1.82, 2.24) is 4.90 Å². The fraction of sp³-hybridized carbons (Fsp3) is 0.160. The van der Waals surface area contributed by atoms with Gasteiger partial charge in [-0.15, -0.1) is 0 Å². The van der Waals surface area contributed by atoms with Gasteiger partial charge in [0, 0.05) is 13.5 Å². The molecule has 3 aromatic carbocycles. The maximum Gasteiger partial charge on any atom is 0.416 e. The van der Waals surface area contributed by atoms with Crippen molar-refractivity contribution in [2.75, 3.05) is 0 Å². The minimum absolute atomic E-state index is 0.0989. The van der Waals surface area contributed by atoms with Gasteiger partial charge in [0.1, 0.15) is 17.5 Å². The number of halogens is 3. The first-order valence-electron chi connectivity index (χ1n) is 10.3. The number of hydrogen-bond acceptors (Lipinski definition) is 5. The predicted octanol–water partition coefficient (Wildman–Crippen LogP) is 4.21. The zero-order chi connectivity index (χ0) is 25.8. The van der Waals surface area contributed by atoms with Gasteiger partial charge >= 0.3 is 12.1 Å². The van der Waals surface area contributed by atoms with Gasteiger partial charge in [-0.25, -0.2) is 0 Å². The lowest BCUT2D eigenvalue weighted by Crippen LogP contribution is -2.41. The van der Waals surface area contributed by atoms with Crippen LogP contribution in [0.25, 0.3) is 0 Å². The van der Waals surface area contributed by atoms with Crippen molar-refractivity contribution in [3.63, 3.8) is 0 Å². The van der Waals surface area contributed by atoms with Crippen molar-refractivity contribution in [2.45, 2.75) is 25.7 Å². The number of aromatic hydroxyl groups is 1. The molecule has 0 saturated carbocycles. The molecule has 1 atom stereocenters. The number of phenols is 1. The van der Waals surface area contributed by atoms with Crippen LogP contribution in [0.2, 0.25) is 0 Å². The van der Waals surface area contributed by atoms with Crippen LogP contribution in [-0.2, 0) is 22.3 Å². The van der Waals surface area contributed by atoms with E-state index in [9.17, 15) is 32.7 Å². The molecule has 0 aliphatic heterocycles. The number of nitrogens with zero attached hydrogens (tertiary/aromatic N) is 1. The molecular weight excluding hydrogens is 465 g/mol. The summed E-state index contributed by atoms with van der Waals surface area (Å²) in [4.78, 5) is 38.7. The van der Waals surface area contributed by atoms with Crippen molar-refractivity contribution >= 4 is 17.8 Å². The zero-order valence-electron chi connectivity index (χ0n) is 18.5. The first-order chi connectivity index (χ1) is 16.5. The van der Waals surface area contributed by atoms with Gasteiger partial charge in [-0.2, -0.15) is 13.2 Å². The second-order valence-corrected chi connectivity index (χ2v) is 7.62. The van der Waals surface area contributed by atoms with Crippen LogP contribution in [-0.4, -0.2) is 27.8 Å². The molecule has 0 aliphatic rings. The molecule has 0 radical (unpaired) electrons. The van der Waals surface area contributed by atoms with Crippen molar-refractivity contribution in [3.8, 4) is 11.5 Å². The number of para-hydroxylation sites is 1. The van der Waals surface area contributed by atoms with E-state index in [0.29, 0.717) is 5.56 Å². The minimum Gasteiger partial charge on any atom is -0.508 e. The highest BCUT2D eigenvalue weighted by Gasteiger charge is 2.35. The summed E-state index contributed by atoms with van der Waals surface area (Å²) >= 11 is 0. The smallest absolute Gasteiger partial charge is 0.416 e. The monoisotopic (exact) mass is 486 g/mol. The SMILES string of the molecule is CC(=O)Oc1ccccc1C(=O)N(Cc1cccc(O)c1)C(C(N)=O)c1cccc(C(F)(F)F)c1. The van der Waals surface area contributed by atoms with Crippen LogP contribution in [0.1, 0.15) is 40.0 Å². The molecule has 10 heteroatoms. The number of ether oxygens (including phenoxy) is 1. The second-order valence-electron chi connectivity index (χ2n) is 7.62. The van der Waals surface area contributed by atoms with Crippen molar-refractivity contribution in [2.24, 2.45) is 5.73 Å². The number of alkyl halides is 3. The summed E-state index contributed by atoms with van der Waals surface area (Å²) < 4.78 is 45.2. The molecule has 0 bridgehead atoms.